The van der Waals surface area contributed by atoms with E-state index in [1.54, 1.807) is 9.21 Å². The predicted molar refractivity (Wildman–Crippen MR) is 87.1 cm³/mol. The molecule has 8 nitrogen and oxygen atoms in total. The van der Waals surface area contributed by atoms with Crippen molar-refractivity contribution in [2.75, 3.05) is 40.3 Å². The van der Waals surface area contributed by atoms with Gasteiger partial charge in [0, 0.05) is 40.3 Å². The van der Waals surface area contributed by atoms with E-state index >= 15 is 0 Å². The number of amides is 1. The van der Waals surface area contributed by atoms with Gasteiger partial charge in [0.2, 0.25) is 5.96 Å². The van der Waals surface area contributed by atoms with E-state index in [9.17, 15) is 13.2 Å². The van der Waals surface area contributed by atoms with Crippen molar-refractivity contribution in [3.05, 3.63) is 0 Å². The SMILES string of the molecule is CN(C)C1=NC2(CCN(S(=O)(=O)N3CCCCC3)CC2)C(=O)N1. The van der Waals surface area contributed by atoms with Gasteiger partial charge in [-0.25, -0.2) is 4.99 Å². The van der Waals surface area contributed by atoms with E-state index in [-0.39, 0.29) is 5.91 Å². The Morgan fingerprint density at radius 3 is 2.13 bits per heavy atom. The van der Waals surface area contributed by atoms with Gasteiger partial charge in [-0.1, -0.05) is 6.42 Å². The first-order chi connectivity index (χ1) is 10.8. The monoisotopic (exact) mass is 343 g/mol. The van der Waals surface area contributed by atoms with Crippen LogP contribution in [0.2, 0.25) is 0 Å². The number of rotatable bonds is 2. The van der Waals surface area contributed by atoms with Crippen LogP contribution in [-0.4, -0.2) is 79.6 Å². The van der Waals surface area contributed by atoms with Crippen molar-refractivity contribution in [3.63, 3.8) is 0 Å². The Morgan fingerprint density at radius 1 is 1.04 bits per heavy atom. The number of carbonyl (C=O) groups is 1. The van der Waals surface area contributed by atoms with Crippen LogP contribution in [0, 0.1) is 0 Å². The normalized spacial score (nSPS) is 26.2. The first-order valence-electron chi connectivity index (χ1n) is 8.19. The molecule has 2 fully saturated rings. The molecule has 0 aromatic rings. The second-order valence-electron chi connectivity index (χ2n) is 6.68. The van der Waals surface area contributed by atoms with Crippen LogP contribution in [0.5, 0.6) is 0 Å². The van der Waals surface area contributed by atoms with Gasteiger partial charge in [-0.05, 0) is 25.7 Å². The maximum atomic E-state index is 12.7. The average molecular weight is 343 g/mol. The summed E-state index contributed by atoms with van der Waals surface area (Å²) in [5.74, 6) is 0.443. The first kappa shape index (κ1) is 16.7. The number of nitrogens with zero attached hydrogens (tertiary/aromatic N) is 4. The van der Waals surface area contributed by atoms with E-state index in [1.165, 1.54) is 4.31 Å². The summed E-state index contributed by atoms with van der Waals surface area (Å²) in [5, 5.41) is 2.79. The fourth-order valence-electron chi connectivity index (χ4n) is 3.40. The Morgan fingerprint density at radius 2 is 1.61 bits per heavy atom. The predicted octanol–water partition coefficient (Wildman–Crippen LogP) is -0.401. The van der Waals surface area contributed by atoms with Gasteiger partial charge in [0.15, 0.2) is 0 Å². The molecule has 3 aliphatic rings. The molecule has 23 heavy (non-hydrogen) atoms. The second-order valence-corrected chi connectivity index (χ2v) is 8.61. The van der Waals surface area contributed by atoms with Crippen molar-refractivity contribution in [2.45, 2.75) is 37.6 Å². The third-order valence-corrected chi connectivity index (χ3v) is 6.94. The number of hydrogen-bond acceptors (Lipinski definition) is 5. The molecule has 3 aliphatic heterocycles. The number of nitrogens with one attached hydrogen (secondary N) is 1. The third-order valence-electron chi connectivity index (χ3n) is 4.91. The largest absolute Gasteiger partial charge is 0.349 e. The van der Waals surface area contributed by atoms with Crippen LogP contribution in [0.3, 0.4) is 0 Å². The quantitative estimate of drug-likeness (QED) is 0.739. The molecule has 3 heterocycles. The zero-order chi connectivity index (χ0) is 16.7. The van der Waals surface area contributed by atoms with Crippen LogP contribution in [0.1, 0.15) is 32.1 Å². The van der Waals surface area contributed by atoms with Crippen LogP contribution in [0.4, 0.5) is 0 Å². The van der Waals surface area contributed by atoms with E-state index in [4.69, 9.17) is 0 Å². The number of hydrogen-bond donors (Lipinski definition) is 1. The highest BCUT2D eigenvalue weighted by molar-refractivity contribution is 7.86. The van der Waals surface area contributed by atoms with E-state index in [0.717, 1.165) is 19.3 Å². The topological polar surface area (TPSA) is 85.3 Å². The summed E-state index contributed by atoms with van der Waals surface area (Å²) in [7, 11) is 0.252. The Balaban J connectivity index is 1.70. The summed E-state index contributed by atoms with van der Waals surface area (Å²) in [6.45, 7) is 1.90. The van der Waals surface area contributed by atoms with Crippen LogP contribution in [0.25, 0.3) is 0 Å². The molecule has 0 unspecified atom stereocenters. The lowest BCUT2D eigenvalue weighted by atomic mass is 9.89. The minimum absolute atomic E-state index is 0.115. The minimum Gasteiger partial charge on any atom is -0.349 e. The van der Waals surface area contributed by atoms with Crippen molar-refractivity contribution in [1.29, 1.82) is 0 Å². The lowest BCUT2D eigenvalue weighted by Crippen LogP contribution is -2.54. The van der Waals surface area contributed by atoms with Gasteiger partial charge in [0.05, 0.1) is 0 Å². The van der Waals surface area contributed by atoms with Gasteiger partial charge in [0.1, 0.15) is 5.54 Å². The summed E-state index contributed by atoms with van der Waals surface area (Å²) in [6, 6.07) is 0. The molecule has 0 bridgehead atoms. The molecule has 130 valence electrons. The molecule has 0 aliphatic carbocycles. The highest BCUT2D eigenvalue weighted by Crippen LogP contribution is 2.32. The lowest BCUT2D eigenvalue weighted by Gasteiger charge is -2.38. The van der Waals surface area contributed by atoms with Crippen molar-refractivity contribution >= 4 is 22.1 Å². The summed E-state index contributed by atoms with van der Waals surface area (Å²) < 4.78 is 28.5. The fourth-order valence-corrected chi connectivity index (χ4v) is 5.09. The summed E-state index contributed by atoms with van der Waals surface area (Å²) in [5.41, 5.74) is -0.798. The minimum atomic E-state index is -3.40. The Hall–Kier alpha value is -1.19. The molecule has 0 aromatic carbocycles. The molecular weight excluding hydrogens is 318 g/mol. The smallest absolute Gasteiger partial charge is 0.281 e. The van der Waals surface area contributed by atoms with Crippen molar-refractivity contribution in [3.8, 4) is 0 Å². The lowest BCUT2D eigenvalue weighted by molar-refractivity contribution is -0.125. The van der Waals surface area contributed by atoms with Crippen LogP contribution in [0.15, 0.2) is 4.99 Å². The zero-order valence-corrected chi connectivity index (χ0v) is 14.6. The van der Waals surface area contributed by atoms with Crippen LogP contribution in [-0.2, 0) is 15.0 Å². The highest BCUT2D eigenvalue weighted by Gasteiger charge is 2.48. The van der Waals surface area contributed by atoms with Gasteiger partial charge in [-0.15, -0.1) is 0 Å². The second kappa shape index (κ2) is 6.03. The van der Waals surface area contributed by atoms with Gasteiger partial charge in [0.25, 0.3) is 16.1 Å². The van der Waals surface area contributed by atoms with E-state index in [1.807, 2.05) is 14.1 Å². The molecule has 2 saturated heterocycles. The molecule has 1 amide bonds. The molecular formula is C14H25N5O3S. The number of piperidine rings is 2. The molecule has 1 spiro atoms. The van der Waals surface area contributed by atoms with E-state index in [2.05, 4.69) is 10.3 Å². The van der Waals surface area contributed by atoms with E-state index < -0.39 is 15.7 Å². The van der Waals surface area contributed by atoms with Crippen molar-refractivity contribution < 1.29 is 13.2 Å². The van der Waals surface area contributed by atoms with E-state index in [0.29, 0.717) is 45.0 Å². The van der Waals surface area contributed by atoms with Gasteiger partial charge in [-0.2, -0.15) is 17.0 Å². The number of carbonyl (C=O) groups excluding carboxylic acids is 1. The Kier molecular flexibility index (Phi) is 4.37. The number of guanidine groups is 1. The maximum Gasteiger partial charge on any atom is 0.281 e. The van der Waals surface area contributed by atoms with Crippen LogP contribution < -0.4 is 5.32 Å². The zero-order valence-electron chi connectivity index (χ0n) is 13.8. The molecule has 0 saturated carbocycles. The third kappa shape index (κ3) is 2.97. The van der Waals surface area contributed by atoms with Crippen molar-refractivity contribution in [1.82, 2.24) is 18.8 Å². The molecule has 3 rings (SSSR count). The molecule has 0 atom stereocenters. The molecule has 1 N–H and O–H groups in total. The van der Waals surface area contributed by atoms with Gasteiger partial charge >= 0.3 is 0 Å². The maximum absolute atomic E-state index is 12.7. The summed E-state index contributed by atoms with van der Waals surface area (Å²) >= 11 is 0. The molecule has 9 heteroatoms. The number of aliphatic imine (C=N–C) groups is 1. The standard InChI is InChI=1S/C14H25N5O3S/c1-17(2)13-15-12(20)14(16-13)6-10-19(11-7-14)23(21,22)18-8-4-3-5-9-18/h3-11H2,1-2H3,(H,15,16,20). The van der Waals surface area contributed by atoms with Gasteiger partial charge in [-0.3, -0.25) is 10.1 Å². The Bertz CT molecular complexity index is 602. The summed E-state index contributed by atoms with van der Waals surface area (Å²) in [4.78, 5) is 18.6. The first-order valence-corrected chi connectivity index (χ1v) is 9.59. The van der Waals surface area contributed by atoms with Gasteiger partial charge < -0.3 is 4.90 Å². The van der Waals surface area contributed by atoms with Crippen molar-refractivity contribution in [2.24, 2.45) is 4.99 Å². The fraction of sp³-hybridized carbons (Fsp3) is 0.857. The average Bonchev–Trinajstić information content (AvgIpc) is 2.86. The molecule has 0 radical (unpaired) electrons. The highest BCUT2D eigenvalue weighted by atomic mass is 32.2. The Labute approximate surface area is 137 Å². The van der Waals surface area contributed by atoms with Crippen LogP contribution >= 0.6 is 0 Å². The summed E-state index contributed by atoms with van der Waals surface area (Å²) in [6.07, 6.45) is 3.82. The molecule has 0 aromatic heterocycles.